The van der Waals surface area contributed by atoms with Gasteiger partial charge in [0.05, 0.1) is 19.2 Å². The van der Waals surface area contributed by atoms with E-state index in [9.17, 15) is 4.79 Å². The van der Waals surface area contributed by atoms with Crippen LogP contribution < -0.4 is 10.1 Å². The van der Waals surface area contributed by atoms with Crippen molar-refractivity contribution in [3.05, 3.63) is 59.3 Å². The van der Waals surface area contributed by atoms with Crippen LogP contribution >= 0.6 is 0 Å². The predicted molar refractivity (Wildman–Crippen MR) is 130 cm³/mol. The molecule has 33 heavy (non-hydrogen) atoms. The molecule has 0 aliphatic carbocycles. The van der Waals surface area contributed by atoms with E-state index in [0.29, 0.717) is 12.5 Å². The van der Waals surface area contributed by atoms with Crippen molar-refractivity contribution in [2.75, 3.05) is 40.5 Å². The molecule has 176 valence electrons. The molecular formula is C26H34N4O3. The Balaban J connectivity index is 1.33. The Kier molecular flexibility index (Phi) is 7.62. The zero-order valence-corrected chi connectivity index (χ0v) is 19.8. The minimum Gasteiger partial charge on any atom is -0.497 e. The first kappa shape index (κ1) is 23.3. The third kappa shape index (κ3) is 5.54. The van der Waals surface area contributed by atoms with Crippen LogP contribution in [0.4, 0.5) is 0 Å². The van der Waals surface area contributed by atoms with E-state index in [2.05, 4.69) is 35.3 Å². The number of fused-ring (bicyclic) bond motifs is 1. The third-order valence-corrected chi connectivity index (χ3v) is 6.60. The van der Waals surface area contributed by atoms with Gasteiger partial charge >= 0.3 is 0 Å². The molecule has 1 amide bonds. The average molecular weight is 451 g/mol. The van der Waals surface area contributed by atoms with Gasteiger partial charge in [0, 0.05) is 57.0 Å². The Morgan fingerprint density at radius 3 is 2.58 bits per heavy atom. The molecule has 0 spiro atoms. The van der Waals surface area contributed by atoms with Crippen molar-refractivity contribution in [1.29, 1.82) is 0 Å². The quantitative estimate of drug-likeness (QED) is 0.504. The zero-order chi connectivity index (χ0) is 23.2. The van der Waals surface area contributed by atoms with Crippen LogP contribution in [0.15, 0.2) is 42.6 Å². The lowest BCUT2D eigenvalue weighted by Gasteiger charge is -2.32. The minimum atomic E-state index is 0.100. The van der Waals surface area contributed by atoms with Crippen LogP contribution in [0.2, 0.25) is 0 Å². The number of ether oxygens (including phenoxy) is 2. The smallest absolute Gasteiger partial charge is 0.253 e. The number of carbonyl (C=O) groups is 1. The number of likely N-dealkylation sites (tertiary alicyclic amines) is 1. The zero-order valence-electron chi connectivity index (χ0n) is 19.8. The molecule has 1 aromatic heterocycles. The summed E-state index contributed by atoms with van der Waals surface area (Å²) in [7, 11) is 3.35. The van der Waals surface area contributed by atoms with Crippen LogP contribution in [0, 0.1) is 12.8 Å². The molecule has 0 radical (unpaired) electrons. The molecule has 2 heterocycles. The highest BCUT2D eigenvalue weighted by Gasteiger charge is 2.24. The number of nitrogens with one attached hydrogen (secondary N) is 1. The van der Waals surface area contributed by atoms with Crippen molar-refractivity contribution in [2.24, 2.45) is 5.92 Å². The molecular weight excluding hydrogens is 416 g/mol. The molecule has 1 fully saturated rings. The summed E-state index contributed by atoms with van der Waals surface area (Å²) in [6.45, 7) is 7.01. The molecule has 3 aromatic rings. The Hall–Kier alpha value is -2.90. The summed E-state index contributed by atoms with van der Waals surface area (Å²) < 4.78 is 12.4. The summed E-state index contributed by atoms with van der Waals surface area (Å²) in [6, 6.07) is 11.6. The molecule has 1 aliphatic heterocycles. The van der Waals surface area contributed by atoms with E-state index in [-0.39, 0.29) is 5.91 Å². The van der Waals surface area contributed by atoms with Gasteiger partial charge in [-0.3, -0.25) is 9.48 Å². The fourth-order valence-corrected chi connectivity index (χ4v) is 4.51. The maximum atomic E-state index is 12.8. The van der Waals surface area contributed by atoms with Gasteiger partial charge in [0.25, 0.3) is 5.91 Å². The Morgan fingerprint density at radius 1 is 1.12 bits per heavy atom. The summed E-state index contributed by atoms with van der Waals surface area (Å²) in [5.74, 6) is 1.39. The number of amides is 1. The standard InChI is InChI=1S/C26H34N4O3/c1-19-22(16-27-12-15-32-2)6-9-25-24(19)18-30(28-25)17-20-10-13-29(14-11-20)26(31)21-4-7-23(33-3)8-5-21/h4-9,18,20,27H,10-17H2,1-3H3. The van der Waals surface area contributed by atoms with Crippen LogP contribution in [0.25, 0.3) is 10.9 Å². The van der Waals surface area contributed by atoms with Crippen molar-refractivity contribution in [3.8, 4) is 5.75 Å². The molecule has 7 nitrogen and oxygen atoms in total. The summed E-state index contributed by atoms with van der Waals surface area (Å²) in [6.07, 6.45) is 4.16. The lowest BCUT2D eigenvalue weighted by Crippen LogP contribution is -2.39. The molecule has 7 heteroatoms. The SMILES string of the molecule is COCCNCc1ccc2nn(CC3CCN(C(=O)c4ccc(OC)cc4)CC3)cc2c1C. The second-order valence-corrected chi connectivity index (χ2v) is 8.77. The van der Waals surface area contributed by atoms with Gasteiger partial charge in [-0.05, 0) is 67.1 Å². The summed E-state index contributed by atoms with van der Waals surface area (Å²) in [4.78, 5) is 14.8. The first-order chi connectivity index (χ1) is 16.1. The van der Waals surface area contributed by atoms with Gasteiger partial charge in [0.15, 0.2) is 0 Å². The predicted octanol–water partition coefficient (Wildman–Crippen LogP) is 3.64. The van der Waals surface area contributed by atoms with Crippen molar-refractivity contribution < 1.29 is 14.3 Å². The maximum Gasteiger partial charge on any atom is 0.253 e. The number of aromatic nitrogens is 2. The van der Waals surface area contributed by atoms with E-state index in [1.54, 1.807) is 14.2 Å². The third-order valence-electron chi connectivity index (χ3n) is 6.60. The molecule has 2 aromatic carbocycles. The second-order valence-electron chi connectivity index (χ2n) is 8.77. The Bertz CT molecular complexity index is 1070. The molecule has 1 N–H and O–H groups in total. The van der Waals surface area contributed by atoms with Gasteiger partial charge in [-0.15, -0.1) is 0 Å². The number of nitrogens with zero attached hydrogens (tertiary/aromatic N) is 3. The Morgan fingerprint density at radius 2 is 1.88 bits per heavy atom. The van der Waals surface area contributed by atoms with Crippen molar-refractivity contribution in [3.63, 3.8) is 0 Å². The van der Waals surface area contributed by atoms with Crippen LogP contribution in [-0.2, 0) is 17.8 Å². The largest absolute Gasteiger partial charge is 0.497 e. The lowest BCUT2D eigenvalue weighted by atomic mass is 9.96. The van der Waals surface area contributed by atoms with E-state index < -0.39 is 0 Å². The molecule has 1 aliphatic rings. The van der Waals surface area contributed by atoms with E-state index in [1.807, 2.05) is 29.2 Å². The highest BCUT2D eigenvalue weighted by molar-refractivity contribution is 5.94. The molecule has 1 saturated heterocycles. The number of aryl methyl sites for hydroxylation is 1. The summed E-state index contributed by atoms with van der Waals surface area (Å²) in [5, 5.41) is 9.46. The van der Waals surface area contributed by atoms with Crippen LogP contribution in [-0.4, -0.2) is 61.0 Å². The van der Waals surface area contributed by atoms with Gasteiger partial charge in [-0.1, -0.05) is 6.07 Å². The van der Waals surface area contributed by atoms with E-state index >= 15 is 0 Å². The minimum absolute atomic E-state index is 0.100. The van der Waals surface area contributed by atoms with Crippen LogP contribution in [0.1, 0.15) is 34.3 Å². The van der Waals surface area contributed by atoms with E-state index in [4.69, 9.17) is 14.6 Å². The number of benzene rings is 2. The highest BCUT2D eigenvalue weighted by atomic mass is 16.5. The highest BCUT2D eigenvalue weighted by Crippen LogP contribution is 2.25. The number of hydrogen-bond acceptors (Lipinski definition) is 5. The van der Waals surface area contributed by atoms with Crippen LogP contribution in [0.5, 0.6) is 5.75 Å². The van der Waals surface area contributed by atoms with Crippen LogP contribution in [0.3, 0.4) is 0 Å². The van der Waals surface area contributed by atoms with E-state index in [1.165, 1.54) is 16.5 Å². The first-order valence-electron chi connectivity index (χ1n) is 11.7. The van der Waals surface area contributed by atoms with Crippen molar-refractivity contribution in [1.82, 2.24) is 20.0 Å². The van der Waals surface area contributed by atoms with Crippen molar-refractivity contribution >= 4 is 16.8 Å². The molecule has 0 atom stereocenters. The van der Waals surface area contributed by atoms with Gasteiger partial charge in [-0.2, -0.15) is 5.10 Å². The average Bonchev–Trinajstić information content (AvgIpc) is 3.26. The normalized spacial score (nSPS) is 14.7. The molecule has 0 bridgehead atoms. The number of rotatable bonds is 9. The van der Waals surface area contributed by atoms with Crippen molar-refractivity contribution in [2.45, 2.75) is 32.9 Å². The first-order valence-corrected chi connectivity index (χ1v) is 11.7. The second kappa shape index (κ2) is 10.8. The molecule has 0 saturated carbocycles. The lowest BCUT2D eigenvalue weighted by molar-refractivity contribution is 0.0681. The molecule has 0 unspecified atom stereocenters. The topological polar surface area (TPSA) is 68.6 Å². The summed E-state index contributed by atoms with van der Waals surface area (Å²) >= 11 is 0. The van der Waals surface area contributed by atoms with Gasteiger partial charge in [0.1, 0.15) is 5.75 Å². The van der Waals surface area contributed by atoms with Gasteiger partial charge in [-0.25, -0.2) is 0 Å². The van der Waals surface area contributed by atoms with Gasteiger partial charge < -0.3 is 19.7 Å². The number of piperidine rings is 1. The van der Waals surface area contributed by atoms with Gasteiger partial charge in [0.2, 0.25) is 0 Å². The number of methoxy groups -OCH3 is 2. The molecule has 4 rings (SSSR count). The maximum absolute atomic E-state index is 12.8. The fourth-order valence-electron chi connectivity index (χ4n) is 4.51. The number of hydrogen-bond donors (Lipinski definition) is 1. The Labute approximate surface area is 195 Å². The summed E-state index contributed by atoms with van der Waals surface area (Å²) in [5.41, 5.74) is 4.34. The van der Waals surface area contributed by atoms with E-state index in [0.717, 1.165) is 62.4 Å². The fraction of sp³-hybridized carbons (Fsp3) is 0.462. The number of carbonyl (C=O) groups excluding carboxylic acids is 1. The monoisotopic (exact) mass is 450 g/mol.